The molecule has 0 aliphatic carbocycles. The third-order valence-electron chi connectivity index (χ3n) is 2.85. The molecule has 1 heterocycles. The van der Waals surface area contributed by atoms with Gasteiger partial charge in [0, 0.05) is 13.2 Å². The third kappa shape index (κ3) is 5.46. The average molecular weight is 259 g/mol. The summed E-state index contributed by atoms with van der Waals surface area (Å²) in [5.74, 6) is -1.18. The molecule has 0 aromatic heterocycles. The fraction of sp³-hybridized carbons (Fsp3) is 0.833. The zero-order valence-electron chi connectivity index (χ0n) is 10.8. The van der Waals surface area contributed by atoms with Crippen molar-refractivity contribution < 1.29 is 24.2 Å². The Bertz CT molecular complexity index is 276. The summed E-state index contributed by atoms with van der Waals surface area (Å²) in [5, 5.41) is 8.64. The summed E-state index contributed by atoms with van der Waals surface area (Å²) in [6.45, 7) is 3.52. The molecule has 1 N–H and O–H groups in total. The maximum atomic E-state index is 11.7. The molecular weight excluding hydrogens is 238 g/mol. The summed E-state index contributed by atoms with van der Waals surface area (Å²) in [6.07, 6.45) is 2.44. The fourth-order valence-electron chi connectivity index (χ4n) is 1.85. The summed E-state index contributed by atoms with van der Waals surface area (Å²) in [7, 11) is 0. The Morgan fingerprint density at radius 3 is 2.83 bits per heavy atom. The van der Waals surface area contributed by atoms with Crippen molar-refractivity contribution in [3.05, 3.63) is 0 Å². The number of ether oxygens (including phenoxy) is 2. The van der Waals surface area contributed by atoms with Crippen molar-refractivity contribution in [2.24, 2.45) is 0 Å². The Kier molecular flexibility index (Phi) is 6.67. The lowest BCUT2D eigenvalue weighted by molar-refractivity contribution is -0.144. The van der Waals surface area contributed by atoms with Crippen LogP contribution in [0.1, 0.15) is 26.2 Å². The minimum atomic E-state index is -0.995. The second-order valence-corrected chi connectivity index (χ2v) is 4.26. The van der Waals surface area contributed by atoms with Crippen LogP contribution in [-0.4, -0.2) is 60.9 Å². The van der Waals surface area contributed by atoms with Crippen LogP contribution in [0.3, 0.4) is 0 Å². The van der Waals surface area contributed by atoms with E-state index in [1.54, 1.807) is 6.92 Å². The normalized spacial score (nSPS) is 18.8. The summed E-state index contributed by atoms with van der Waals surface area (Å²) in [4.78, 5) is 23.5. The topological polar surface area (TPSA) is 76.1 Å². The van der Waals surface area contributed by atoms with Gasteiger partial charge in [-0.15, -0.1) is 0 Å². The molecule has 1 aliphatic heterocycles. The van der Waals surface area contributed by atoms with Crippen molar-refractivity contribution in [3.63, 3.8) is 0 Å². The van der Waals surface area contributed by atoms with Gasteiger partial charge in [0.1, 0.15) is 6.54 Å². The zero-order chi connectivity index (χ0) is 13.4. The van der Waals surface area contributed by atoms with Crippen molar-refractivity contribution >= 4 is 11.9 Å². The van der Waals surface area contributed by atoms with Gasteiger partial charge in [0.05, 0.1) is 25.7 Å². The van der Waals surface area contributed by atoms with Crippen molar-refractivity contribution in [3.8, 4) is 0 Å². The van der Waals surface area contributed by atoms with E-state index in [0.717, 1.165) is 19.4 Å². The van der Waals surface area contributed by atoms with E-state index in [0.29, 0.717) is 19.8 Å². The quantitative estimate of drug-likeness (QED) is 0.643. The van der Waals surface area contributed by atoms with E-state index in [1.165, 1.54) is 4.90 Å². The molecule has 1 saturated heterocycles. The first kappa shape index (κ1) is 14.9. The van der Waals surface area contributed by atoms with E-state index in [2.05, 4.69) is 0 Å². The van der Waals surface area contributed by atoms with Crippen molar-refractivity contribution in [2.45, 2.75) is 32.3 Å². The molecule has 1 atom stereocenters. The van der Waals surface area contributed by atoms with Gasteiger partial charge in [0.2, 0.25) is 5.91 Å². The SMILES string of the molecule is CCN(CC(=O)O)C(=O)CCOCC1CCCO1. The number of nitrogens with zero attached hydrogens (tertiary/aromatic N) is 1. The maximum Gasteiger partial charge on any atom is 0.323 e. The van der Waals surface area contributed by atoms with Gasteiger partial charge in [0.25, 0.3) is 0 Å². The monoisotopic (exact) mass is 259 g/mol. The average Bonchev–Trinajstić information content (AvgIpc) is 2.84. The molecule has 1 fully saturated rings. The molecule has 0 radical (unpaired) electrons. The van der Waals surface area contributed by atoms with E-state index in [-0.39, 0.29) is 25.0 Å². The molecule has 6 nitrogen and oxygen atoms in total. The summed E-state index contributed by atoms with van der Waals surface area (Å²) in [6, 6.07) is 0. The van der Waals surface area contributed by atoms with Gasteiger partial charge < -0.3 is 19.5 Å². The van der Waals surface area contributed by atoms with Crippen molar-refractivity contribution in [2.75, 3.05) is 32.9 Å². The van der Waals surface area contributed by atoms with Crippen molar-refractivity contribution in [1.29, 1.82) is 0 Å². The second kappa shape index (κ2) is 8.05. The minimum Gasteiger partial charge on any atom is -0.480 e. The van der Waals surface area contributed by atoms with Crippen LogP contribution in [0.5, 0.6) is 0 Å². The molecule has 1 aliphatic rings. The lowest BCUT2D eigenvalue weighted by Crippen LogP contribution is -2.36. The molecule has 0 saturated carbocycles. The molecule has 1 unspecified atom stereocenters. The molecule has 18 heavy (non-hydrogen) atoms. The Hall–Kier alpha value is -1.14. The van der Waals surface area contributed by atoms with Crippen LogP contribution in [-0.2, 0) is 19.1 Å². The minimum absolute atomic E-state index is 0.154. The molecule has 1 rings (SSSR count). The first-order valence-corrected chi connectivity index (χ1v) is 6.32. The van der Waals surface area contributed by atoms with Crippen LogP contribution in [0.15, 0.2) is 0 Å². The van der Waals surface area contributed by atoms with Gasteiger partial charge in [-0.3, -0.25) is 9.59 Å². The van der Waals surface area contributed by atoms with Crippen molar-refractivity contribution in [1.82, 2.24) is 4.90 Å². The number of carboxylic acids is 1. The van der Waals surface area contributed by atoms with Gasteiger partial charge in [-0.2, -0.15) is 0 Å². The molecule has 6 heteroatoms. The van der Waals surface area contributed by atoms with Gasteiger partial charge in [-0.25, -0.2) is 0 Å². The van der Waals surface area contributed by atoms with E-state index < -0.39 is 5.97 Å². The largest absolute Gasteiger partial charge is 0.480 e. The maximum absolute atomic E-state index is 11.7. The number of likely N-dealkylation sites (N-methyl/N-ethyl adjacent to an activating group) is 1. The third-order valence-corrected chi connectivity index (χ3v) is 2.85. The number of carbonyl (C=O) groups is 2. The zero-order valence-corrected chi connectivity index (χ0v) is 10.8. The predicted molar refractivity (Wildman–Crippen MR) is 64.3 cm³/mol. The van der Waals surface area contributed by atoms with Gasteiger partial charge in [0.15, 0.2) is 0 Å². The van der Waals surface area contributed by atoms with E-state index in [9.17, 15) is 9.59 Å². The highest BCUT2D eigenvalue weighted by Crippen LogP contribution is 2.11. The number of aliphatic carboxylic acids is 1. The summed E-state index contributed by atoms with van der Waals surface area (Å²) >= 11 is 0. The Labute approximate surface area is 107 Å². The highest BCUT2D eigenvalue weighted by molar-refractivity contribution is 5.81. The van der Waals surface area contributed by atoms with E-state index >= 15 is 0 Å². The Morgan fingerprint density at radius 2 is 2.28 bits per heavy atom. The summed E-state index contributed by atoms with van der Waals surface area (Å²) < 4.78 is 10.8. The number of carboxylic acid groups (broad SMARTS) is 1. The predicted octanol–water partition coefficient (Wildman–Crippen LogP) is 0.505. The van der Waals surface area contributed by atoms with Crippen LogP contribution in [0, 0.1) is 0 Å². The van der Waals surface area contributed by atoms with Crippen LogP contribution in [0.25, 0.3) is 0 Å². The number of amides is 1. The standard InChI is InChI=1S/C12H21NO5/c1-2-13(8-12(15)16)11(14)5-7-17-9-10-4-3-6-18-10/h10H,2-9H2,1H3,(H,15,16). The molecule has 104 valence electrons. The van der Waals surface area contributed by atoms with E-state index in [1.807, 2.05) is 0 Å². The number of hydrogen-bond donors (Lipinski definition) is 1. The molecule has 1 amide bonds. The van der Waals surface area contributed by atoms with Crippen LogP contribution in [0.2, 0.25) is 0 Å². The Morgan fingerprint density at radius 1 is 1.50 bits per heavy atom. The smallest absolute Gasteiger partial charge is 0.323 e. The van der Waals surface area contributed by atoms with Gasteiger partial charge in [-0.1, -0.05) is 0 Å². The molecular formula is C12H21NO5. The first-order chi connectivity index (χ1) is 8.63. The summed E-state index contributed by atoms with van der Waals surface area (Å²) in [5.41, 5.74) is 0. The molecule has 0 bridgehead atoms. The van der Waals surface area contributed by atoms with Crippen LogP contribution >= 0.6 is 0 Å². The number of carbonyl (C=O) groups excluding carboxylic acids is 1. The highest BCUT2D eigenvalue weighted by Gasteiger charge is 2.17. The number of hydrogen-bond acceptors (Lipinski definition) is 4. The fourth-order valence-corrected chi connectivity index (χ4v) is 1.85. The van der Waals surface area contributed by atoms with Crippen LogP contribution < -0.4 is 0 Å². The second-order valence-electron chi connectivity index (χ2n) is 4.26. The van der Waals surface area contributed by atoms with Gasteiger partial charge in [-0.05, 0) is 19.8 Å². The Balaban J connectivity index is 2.12. The first-order valence-electron chi connectivity index (χ1n) is 6.32. The molecule has 0 spiro atoms. The van der Waals surface area contributed by atoms with Gasteiger partial charge >= 0.3 is 5.97 Å². The number of rotatable bonds is 8. The molecule has 0 aromatic rings. The molecule has 0 aromatic carbocycles. The lowest BCUT2D eigenvalue weighted by Gasteiger charge is -2.18. The van der Waals surface area contributed by atoms with E-state index in [4.69, 9.17) is 14.6 Å². The highest BCUT2D eigenvalue weighted by atomic mass is 16.5. The van der Waals surface area contributed by atoms with Crippen LogP contribution in [0.4, 0.5) is 0 Å². The lowest BCUT2D eigenvalue weighted by atomic mass is 10.2.